The van der Waals surface area contributed by atoms with E-state index in [4.69, 9.17) is 4.42 Å². The molecule has 0 aliphatic carbocycles. The zero-order chi connectivity index (χ0) is 15.7. The summed E-state index contributed by atoms with van der Waals surface area (Å²) in [6.45, 7) is 2.51. The van der Waals surface area contributed by atoms with E-state index >= 15 is 0 Å². The Hall–Kier alpha value is -1.85. The number of para-hydroxylation sites is 1. The van der Waals surface area contributed by atoms with Crippen LogP contribution in [0.1, 0.15) is 22.5 Å². The van der Waals surface area contributed by atoms with E-state index < -0.39 is 0 Å². The first-order valence-corrected chi connectivity index (χ1v) is 7.71. The molecule has 0 radical (unpaired) electrons. The quantitative estimate of drug-likeness (QED) is 0.937. The lowest BCUT2D eigenvalue weighted by atomic mass is 10.1. The van der Waals surface area contributed by atoms with Gasteiger partial charge in [-0.15, -0.1) is 0 Å². The molecule has 1 aliphatic heterocycles. The Bertz CT molecular complexity index is 672. The number of nitrogens with zero attached hydrogens (tertiary/aromatic N) is 2. The van der Waals surface area contributed by atoms with Gasteiger partial charge in [-0.1, -0.05) is 18.2 Å². The van der Waals surface area contributed by atoms with Gasteiger partial charge in [0.2, 0.25) is 0 Å². The lowest BCUT2D eigenvalue weighted by Crippen LogP contribution is -2.38. The molecule has 1 aromatic carbocycles. The summed E-state index contributed by atoms with van der Waals surface area (Å²) in [5.74, 6) is 0.450. The molecule has 1 N–H and O–H groups in total. The minimum absolute atomic E-state index is 0.0262. The van der Waals surface area contributed by atoms with Crippen LogP contribution in [-0.2, 0) is 6.54 Å². The van der Waals surface area contributed by atoms with Crippen LogP contribution in [0.2, 0.25) is 0 Å². The maximum absolute atomic E-state index is 12.9. The van der Waals surface area contributed by atoms with Gasteiger partial charge in [0.1, 0.15) is 5.58 Å². The second kappa shape index (κ2) is 6.10. The number of fused-ring (bicyclic) bond motifs is 1. The summed E-state index contributed by atoms with van der Waals surface area (Å²) in [5.41, 5.74) is 1.75. The summed E-state index contributed by atoms with van der Waals surface area (Å²) in [6.07, 6.45) is 0.992. The Morgan fingerprint density at radius 3 is 2.77 bits per heavy atom. The average molecular weight is 301 g/mol. The van der Waals surface area contributed by atoms with Crippen LogP contribution in [0.3, 0.4) is 0 Å². The lowest BCUT2D eigenvalue weighted by molar-refractivity contribution is 0.0711. The van der Waals surface area contributed by atoms with Gasteiger partial charge in [0.25, 0.3) is 5.91 Å². The van der Waals surface area contributed by atoms with Crippen molar-refractivity contribution in [1.82, 2.24) is 15.1 Å². The molecule has 3 rings (SSSR count). The van der Waals surface area contributed by atoms with Crippen molar-refractivity contribution < 1.29 is 9.21 Å². The van der Waals surface area contributed by atoms with Gasteiger partial charge >= 0.3 is 0 Å². The van der Waals surface area contributed by atoms with Gasteiger partial charge in [-0.05, 0) is 33.1 Å². The first-order chi connectivity index (χ1) is 10.6. The van der Waals surface area contributed by atoms with Crippen molar-refractivity contribution in [3.05, 3.63) is 35.6 Å². The smallest absolute Gasteiger partial charge is 0.289 e. The van der Waals surface area contributed by atoms with Crippen molar-refractivity contribution >= 4 is 16.9 Å². The van der Waals surface area contributed by atoms with Crippen LogP contribution in [0.5, 0.6) is 0 Å². The van der Waals surface area contributed by atoms with Gasteiger partial charge in [-0.25, -0.2) is 0 Å². The largest absolute Gasteiger partial charge is 0.451 e. The topological polar surface area (TPSA) is 48.7 Å². The van der Waals surface area contributed by atoms with Crippen LogP contribution in [-0.4, -0.2) is 56.0 Å². The molecule has 0 spiro atoms. The highest BCUT2D eigenvalue weighted by Gasteiger charge is 2.29. The van der Waals surface area contributed by atoms with Crippen molar-refractivity contribution in [1.29, 1.82) is 0 Å². The maximum atomic E-state index is 12.9. The number of carbonyl (C=O) groups excluding carboxylic acids is 1. The highest BCUT2D eigenvalue weighted by atomic mass is 16.3. The van der Waals surface area contributed by atoms with Gasteiger partial charge in [0, 0.05) is 37.1 Å². The molecule has 0 bridgehead atoms. The third-order valence-electron chi connectivity index (χ3n) is 4.27. The van der Waals surface area contributed by atoms with Crippen LogP contribution in [0.25, 0.3) is 11.0 Å². The van der Waals surface area contributed by atoms with E-state index in [1.165, 1.54) is 0 Å². The van der Waals surface area contributed by atoms with Crippen molar-refractivity contribution in [2.75, 3.05) is 34.2 Å². The van der Waals surface area contributed by atoms with Gasteiger partial charge in [-0.3, -0.25) is 4.79 Å². The molecule has 1 fully saturated rings. The Balaban J connectivity index is 1.99. The average Bonchev–Trinajstić information content (AvgIpc) is 3.14. The zero-order valence-corrected chi connectivity index (χ0v) is 13.4. The number of rotatable bonds is 4. The molecule has 1 atom stereocenters. The Morgan fingerprint density at radius 2 is 2.09 bits per heavy atom. The highest BCUT2D eigenvalue weighted by molar-refractivity contribution is 5.99. The van der Waals surface area contributed by atoms with E-state index in [1.807, 2.05) is 50.3 Å². The summed E-state index contributed by atoms with van der Waals surface area (Å²) < 4.78 is 5.90. The third kappa shape index (κ3) is 2.74. The SMILES string of the molecule is CN(C)Cc1c(C(=O)N(C)[C@H]2CCNC2)oc2ccccc12. The Morgan fingerprint density at radius 1 is 1.32 bits per heavy atom. The molecule has 2 heterocycles. The molecule has 1 amide bonds. The molecule has 0 unspecified atom stereocenters. The van der Waals surface area contributed by atoms with Crippen LogP contribution >= 0.6 is 0 Å². The van der Waals surface area contributed by atoms with E-state index in [0.717, 1.165) is 36.0 Å². The van der Waals surface area contributed by atoms with Crippen LogP contribution in [0, 0.1) is 0 Å². The minimum atomic E-state index is -0.0262. The van der Waals surface area contributed by atoms with E-state index in [0.29, 0.717) is 12.3 Å². The summed E-state index contributed by atoms with van der Waals surface area (Å²) in [6, 6.07) is 8.10. The molecule has 5 nitrogen and oxygen atoms in total. The Labute approximate surface area is 130 Å². The molecular weight excluding hydrogens is 278 g/mol. The van der Waals surface area contributed by atoms with Crippen molar-refractivity contribution in [2.45, 2.75) is 19.0 Å². The fraction of sp³-hybridized carbons (Fsp3) is 0.471. The Kier molecular flexibility index (Phi) is 4.18. The predicted molar refractivity (Wildman–Crippen MR) is 87.0 cm³/mol. The summed E-state index contributed by atoms with van der Waals surface area (Å²) in [4.78, 5) is 16.8. The van der Waals surface area contributed by atoms with E-state index in [-0.39, 0.29) is 11.9 Å². The summed E-state index contributed by atoms with van der Waals surface area (Å²) in [5, 5.41) is 4.33. The molecule has 1 aliphatic rings. The normalized spacial score (nSPS) is 18.3. The van der Waals surface area contributed by atoms with Crippen LogP contribution < -0.4 is 5.32 Å². The molecule has 22 heavy (non-hydrogen) atoms. The standard InChI is InChI=1S/C17H23N3O2/c1-19(2)11-14-13-6-4-5-7-15(13)22-16(14)17(21)20(3)12-8-9-18-10-12/h4-7,12,18H,8-11H2,1-3H3/t12-/m0/s1. The number of hydrogen-bond donors (Lipinski definition) is 1. The molecule has 0 saturated carbocycles. The number of nitrogens with one attached hydrogen (secondary N) is 1. The monoisotopic (exact) mass is 301 g/mol. The number of benzene rings is 1. The van der Waals surface area contributed by atoms with E-state index in [2.05, 4.69) is 10.2 Å². The maximum Gasteiger partial charge on any atom is 0.289 e. The number of amides is 1. The summed E-state index contributed by atoms with van der Waals surface area (Å²) in [7, 11) is 5.87. The predicted octanol–water partition coefficient (Wildman–Crippen LogP) is 1.93. The molecule has 1 aromatic heterocycles. The third-order valence-corrected chi connectivity index (χ3v) is 4.27. The second-order valence-corrected chi connectivity index (χ2v) is 6.21. The minimum Gasteiger partial charge on any atom is -0.451 e. The summed E-state index contributed by atoms with van der Waals surface area (Å²) >= 11 is 0. The lowest BCUT2D eigenvalue weighted by Gasteiger charge is -2.23. The first-order valence-electron chi connectivity index (χ1n) is 7.71. The van der Waals surface area contributed by atoms with Gasteiger partial charge in [-0.2, -0.15) is 0 Å². The molecule has 5 heteroatoms. The van der Waals surface area contributed by atoms with Crippen molar-refractivity contribution in [2.24, 2.45) is 0 Å². The second-order valence-electron chi connectivity index (χ2n) is 6.21. The molecule has 1 saturated heterocycles. The number of likely N-dealkylation sites (N-methyl/N-ethyl adjacent to an activating group) is 1. The van der Waals surface area contributed by atoms with Crippen LogP contribution in [0.4, 0.5) is 0 Å². The fourth-order valence-corrected chi connectivity index (χ4v) is 3.04. The fourth-order valence-electron chi connectivity index (χ4n) is 3.04. The highest BCUT2D eigenvalue weighted by Crippen LogP contribution is 2.28. The van der Waals surface area contributed by atoms with E-state index in [1.54, 1.807) is 0 Å². The number of hydrogen-bond acceptors (Lipinski definition) is 4. The number of furan rings is 1. The van der Waals surface area contributed by atoms with Crippen molar-refractivity contribution in [3.8, 4) is 0 Å². The first kappa shape index (κ1) is 15.1. The molecular formula is C17H23N3O2. The zero-order valence-electron chi connectivity index (χ0n) is 13.4. The van der Waals surface area contributed by atoms with E-state index in [9.17, 15) is 4.79 Å². The van der Waals surface area contributed by atoms with Crippen molar-refractivity contribution in [3.63, 3.8) is 0 Å². The van der Waals surface area contributed by atoms with Gasteiger partial charge in [0.15, 0.2) is 5.76 Å². The number of carbonyl (C=O) groups is 1. The van der Waals surface area contributed by atoms with Gasteiger partial charge in [0.05, 0.1) is 0 Å². The van der Waals surface area contributed by atoms with Gasteiger partial charge < -0.3 is 19.5 Å². The molecule has 118 valence electrons. The van der Waals surface area contributed by atoms with Crippen LogP contribution in [0.15, 0.2) is 28.7 Å². The molecule has 2 aromatic rings.